The number of nitrogens with zero attached hydrogens (tertiary/aromatic N) is 2. The van der Waals surface area contributed by atoms with E-state index >= 15 is 0 Å². The maximum atomic E-state index is 5.86. The number of aryl methyl sites for hydroxylation is 1. The van der Waals surface area contributed by atoms with Gasteiger partial charge in [0.1, 0.15) is 5.75 Å². The molecule has 0 atom stereocenters. The average Bonchev–Trinajstić information content (AvgIpc) is 2.27. The molecule has 1 heterocycles. The monoisotopic (exact) mass is 298 g/mol. The molecule has 1 aromatic heterocycles. The zero-order valence-corrected chi connectivity index (χ0v) is 10.8. The lowest BCUT2D eigenvalue weighted by Crippen LogP contribution is -1.92. The van der Waals surface area contributed by atoms with Gasteiger partial charge in [-0.25, -0.2) is 9.97 Å². The second-order valence-corrected chi connectivity index (χ2v) is 4.44. The molecular formula is C11H8BrClN2O. The van der Waals surface area contributed by atoms with E-state index in [1.54, 1.807) is 0 Å². The van der Waals surface area contributed by atoms with Crippen LogP contribution in [0.3, 0.4) is 0 Å². The van der Waals surface area contributed by atoms with Gasteiger partial charge in [-0.3, -0.25) is 0 Å². The summed E-state index contributed by atoms with van der Waals surface area (Å²) in [4.78, 5) is 7.91. The van der Waals surface area contributed by atoms with Gasteiger partial charge >= 0.3 is 0 Å². The topological polar surface area (TPSA) is 35.0 Å². The standard InChI is InChI=1S/C11H8BrClN2O/c1-7-2-3-8(12)6-9(7)16-11-10(13)14-4-5-15-11/h2-6H,1H3. The zero-order chi connectivity index (χ0) is 11.5. The molecule has 0 saturated carbocycles. The van der Waals surface area contributed by atoms with E-state index in [0.717, 1.165) is 10.0 Å². The van der Waals surface area contributed by atoms with E-state index in [-0.39, 0.29) is 5.15 Å². The highest BCUT2D eigenvalue weighted by Gasteiger charge is 2.07. The molecular weight excluding hydrogens is 291 g/mol. The summed E-state index contributed by atoms with van der Waals surface area (Å²) in [6.07, 6.45) is 3.05. The van der Waals surface area contributed by atoms with Crippen LogP contribution in [0, 0.1) is 6.92 Å². The quantitative estimate of drug-likeness (QED) is 0.841. The van der Waals surface area contributed by atoms with Gasteiger partial charge in [-0.2, -0.15) is 0 Å². The van der Waals surface area contributed by atoms with E-state index in [1.165, 1.54) is 12.4 Å². The van der Waals surface area contributed by atoms with E-state index in [4.69, 9.17) is 16.3 Å². The lowest BCUT2D eigenvalue weighted by molar-refractivity contribution is 0.457. The Balaban J connectivity index is 2.34. The SMILES string of the molecule is Cc1ccc(Br)cc1Oc1nccnc1Cl. The fourth-order valence-corrected chi connectivity index (χ4v) is 1.65. The fourth-order valence-electron chi connectivity index (χ4n) is 1.16. The molecule has 0 aliphatic rings. The number of benzene rings is 1. The van der Waals surface area contributed by atoms with Crippen LogP contribution in [-0.2, 0) is 0 Å². The highest BCUT2D eigenvalue weighted by molar-refractivity contribution is 9.10. The Labute approximate surface area is 107 Å². The van der Waals surface area contributed by atoms with Crippen molar-refractivity contribution in [2.75, 3.05) is 0 Å². The van der Waals surface area contributed by atoms with Crippen LogP contribution >= 0.6 is 27.5 Å². The number of ether oxygens (including phenoxy) is 1. The number of hydrogen-bond donors (Lipinski definition) is 0. The molecule has 0 saturated heterocycles. The molecule has 0 aliphatic carbocycles. The molecule has 0 spiro atoms. The van der Waals surface area contributed by atoms with Crippen LogP contribution in [0.5, 0.6) is 11.6 Å². The van der Waals surface area contributed by atoms with Gasteiger partial charge in [0, 0.05) is 16.9 Å². The number of aromatic nitrogens is 2. The maximum Gasteiger partial charge on any atom is 0.257 e. The van der Waals surface area contributed by atoms with Gasteiger partial charge in [0.05, 0.1) is 0 Å². The Morgan fingerprint density at radius 1 is 1.25 bits per heavy atom. The molecule has 16 heavy (non-hydrogen) atoms. The zero-order valence-electron chi connectivity index (χ0n) is 8.45. The van der Waals surface area contributed by atoms with E-state index < -0.39 is 0 Å². The molecule has 2 rings (SSSR count). The Morgan fingerprint density at radius 3 is 2.75 bits per heavy atom. The maximum absolute atomic E-state index is 5.86. The molecule has 0 unspecified atom stereocenters. The van der Waals surface area contributed by atoms with Gasteiger partial charge in [0.2, 0.25) is 0 Å². The van der Waals surface area contributed by atoms with Crippen molar-refractivity contribution < 1.29 is 4.74 Å². The smallest absolute Gasteiger partial charge is 0.257 e. The molecule has 0 bridgehead atoms. The first-order chi connectivity index (χ1) is 7.66. The van der Waals surface area contributed by atoms with Crippen molar-refractivity contribution in [2.45, 2.75) is 6.92 Å². The van der Waals surface area contributed by atoms with Crippen molar-refractivity contribution in [3.63, 3.8) is 0 Å². The van der Waals surface area contributed by atoms with E-state index in [0.29, 0.717) is 11.6 Å². The lowest BCUT2D eigenvalue weighted by Gasteiger charge is -2.08. The highest BCUT2D eigenvalue weighted by atomic mass is 79.9. The van der Waals surface area contributed by atoms with Gasteiger partial charge in [-0.15, -0.1) is 0 Å². The Morgan fingerprint density at radius 2 is 2.00 bits per heavy atom. The first-order valence-corrected chi connectivity index (χ1v) is 5.74. The molecule has 0 fully saturated rings. The molecule has 2 aromatic rings. The molecule has 3 nitrogen and oxygen atoms in total. The van der Waals surface area contributed by atoms with E-state index in [2.05, 4.69) is 25.9 Å². The first kappa shape index (κ1) is 11.4. The van der Waals surface area contributed by atoms with E-state index in [1.807, 2.05) is 25.1 Å². The Hall–Kier alpha value is -1.13. The van der Waals surface area contributed by atoms with Gasteiger partial charge in [-0.1, -0.05) is 33.6 Å². The lowest BCUT2D eigenvalue weighted by atomic mass is 10.2. The predicted octanol–water partition coefficient (Wildman–Crippen LogP) is 3.99. The van der Waals surface area contributed by atoms with Gasteiger partial charge in [0.25, 0.3) is 5.88 Å². The molecule has 0 N–H and O–H groups in total. The first-order valence-electron chi connectivity index (χ1n) is 4.57. The summed E-state index contributed by atoms with van der Waals surface area (Å²) in [5.41, 5.74) is 1.00. The molecule has 1 aromatic carbocycles. The van der Waals surface area contributed by atoms with Crippen LogP contribution in [0.4, 0.5) is 0 Å². The summed E-state index contributed by atoms with van der Waals surface area (Å²) in [5, 5.41) is 0.252. The summed E-state index contributed by atoms with van der Waals surface area (Å²) in [6.45, 7) is 1.95. The van der Waals surface area contributed by atoms with Crippen molar-refractivity contribution in [3.05, 3.63) is 45.8 Å². The summed E-state index contributed by atoms with van der Waals surface area (Å²) >= 11 is 9.24. The number of halogens is 2. The van der Waals surface area contributed by atoms with Gasteiger partial charge in [-0.05, 0) is 24.6 Å². The van der Waals surface area contributed by atoms with Crippen LogP contribution in [0.1, 0.15) is 5.56 Å². The van der Waals surface area contributed by atoms with Crippen molar-refractivity contribution in [2.24, 2.45) is 0 Å². The highest BCUT2D eigenvalue weighted by Crippen LogP contribution is 2.29. The Bertz CT molecular complexity index is 519. The van der Waals surface area contributed by atoms with E-state index in [9.17, 15) is 0 Å². The second-order valence-electron chi connectivity index (χ2n) is 3.16. The van der Waals surface area contributed by atoms with Crippen LogP contribution in [0.25, 0.3) is 0 Å². The molecule has 82 valence electrons. The molecule has 0 aliphatic heterocycles. The van der Waals surface area contributed by atoms with Gasteiger partial charge in [0.15, 0.2) is 5.15 Å². The third kappa shape index (κ3) is 2.51. The van der Waals surface area contributed by atoms with Crippen LogP contribution in [-0.4, -0.2) is 9.97 Å². The largest absolute Gasteiger partial charge is 0.436 e. The minimum atomic E-state index is 0.252. The van der Waals surface area contributed by atoms with Crippen molar-refractivity contribution in [1.82, 2.24) is 9.97 Å². The van der Waals surface area contributed by atoms with Crippen molar-refractivity contribution in [3.8, 4) is 11.6 Å². The summed E-state index contributed by atoms with van der Waals surface area (Å²) in [5.74, 6) is 1.02. The minimum Gasteiger partial charge on any atom is -0.436 e. The third-order valence-corrected chi connectivity index (χ3v) is 2.73. The summed E-state index contributed by atoms with van der Waals surface area (Å²) < 4.78 is 6.52. The van der Waals surface area contributed by atoms with Crippen LogP contribution < -0.4 is 4.74 Å². The van der Waals surface area contributed by atoms with Gasteiger partial charge < -0.3 is 4.74 Å². The second kappa shape index (κ2) is 4.80. The normalized spacial score (nSPS) is 10.2. The minimum absolute atomic E-state index is 0.252. The summed E-state index contributed by atoms with van der Waals surface area (Å²) in [6, 6.07) is 5.75. The molecule has 0 amide bonds. The third-order valence-electron chi connectivity index (χ3n) is 1.98. The molecule has 0 radical (unpaired) electrons. The number of rotatable bonds is 2. The van der Waals surface area contributed by atoms with Crippen molar-refractivity contribution in [1.29, 1.82) is 0 Å². The predicted molar refractivity (Wildman–Crippen MR) is 66.0 cm³/mol. The van der Waals surface area contributed by atoms with Crippen molar-refractivity contribution >= 4 is 27.5 Å². The molecule has 5 heteroatoms. The fraction of sp³-hybridized carbons (Fsp3) is 0.0909. The summed E-state index contributed by atoms with van der Waals surface area (Å²) in [7, 11) is 0. The number of hydrogen-bond acceptors (Lipinski definition) is 3. The van der Waals surface area contributed by atoms with Crippen LogP contribution in [0.2, 0.25) is 5.15 Å². The van der Waals surface area contributed by atoms with Crippen LogP contribution in [0.15, 0.2) is 35.1 Å². The Kier molecular flexibility index (Phi) is 3.41. The average molecular weight is 300 g/mol.